The van der Waals surface area contributed by atoms with Gasteiger partial charge >= 0.3 is 6.18 Å². The molecule has 32 heavy (non-hydrogen) atoms. The van der Waals surface area contributed by atoms with Crippen molar-refractivity contribution in [2.75, 3.05) is 0 Å². The van der Waals surface area contributed by atoms with E-state index in [4.69, 9.17) is 0 Å². The lowest BCUT2D eigenvalue weighted by molar-refractivity contribution is -0.139. The Morgan fingerprint density at radius 1 is 0.812 bits per heavy atom. The standard InChI is InChI=1S/C28H36F4/c1-2-3-4-5-6-7-19-8-9-21-15-22(11-10-20(21)14-19)23-12-13-24-17-26(28(30,31)32)27(29)18-25(24)16-23/h12-13,16-22H,2-11,14-15H2,1H3. The Hall–Kier alpha value is -1.58. The van der Waals surface area contributed by atoms with E-state index in [1.807, 2.05) is 12.1 Å². The molecule has 0 radical (unpaired) electrons. The number of hydrogen-bond acceptors (Lipinski definition) is 0. The average molecular weight is 449 g/mol. The molecule has 4 atom stereocenters. The van der Waals surface area contributed by atoms with Crippen LogP contribution in [-0.4, -0.2) is 0 Å². The van der Waals surface area contributed by atoms with Crippen LogP contribution in [-0.2, 0) is 6.18 Å². The van der Waals surface area contributed by atoms with Crippen molar-refractivity contribution in [2.24, 2.45) is 17.8 Å². The SMILES string of the molecule is CCCCCCCC1CCC2CC(c3ccc4cc(C(F)(F)F)c(F)cc4c3)CCC2C1. The Morgan fingerprint density at radius 3 is 2.34 bits per heavy atom. The molecular formula is C28H36F4. The number of benzene rings is 2. The van der Waals surface area contributed by atoms with Crippen LogP contribution in [0.4, 0.5) is 17.6 Å². The van der Waals surface area contributed by atoms with Crippen molar-refractivity contribution < 1.29 is 17.6 Å². The highest BCUT2D eigenvalue weighted by molar-refractivity contribution is 5.84. The zero-order chi connectivity index (χ0) is 22.7. The highest BCUT2D eigenvalue weighted by atomic mass is 19.4. The van der Waals surface area contributed by atoms with Gasteiger partial charge in [0.1, 0.15) is 5.82 Å². The van der Waals surface area contributed by atoms with E-state index in [-0.39, 0.29) is 0 Å². The molecule has 2 aromatic rings. The van der Waals surface area contributed by atoms with Crippen LogP contribution in [0.5, 0.6) is 0 Å². The minimum Gasteiger partial charge on any atom is -0.206 e. The van der Waals surface area contributed by atoms with Crippen LogP contribution in [0.3, 0.4) is 0 Å². The van der Waals surface area contributed by atoms with Gasteiger partial charge in [-0.2, -0.15) is 13.2 Å². The van der Waals surface area contributed by atoms with E-state index in [1.54, 1.807) is 6.07 Å². The molecule has 0 bridgehead atoms. The lowest BCUT2D eigenvalue weighted by atomic mass is 9.63. The van der Waals surface area contributed by atoms with E-state index in [1.165, 1.54) is 70.6 Å². The molecule has 4 rings (SSSR count). The predicted molar refractivity (Wildman–Crippen MR) is 123 cm³/mol. The number of unbranched alkanes of at least 4 members (excludes halogenated alkanes) is 4. The molecule has 2 aliphatic carbocycles. The van der Waals surface area contributed by atoms with Crippen molar-refractivity contribution in [1.29, 1.82) is 0 Å². The highest BCUT2D eigenvalue weighted by Crippen LogP contribution is 2.48. The Kier molecular flexibility index (Phi) is 7.47. The summed E-state index contributed by atoms with van der Waals surface area (Å²) in [6, 6.07) is 7.62. The summed E-state index contributed by atoms with van der Waals surface area (Å²) in [4.78, 5) is 0. The molecule has 0 heterocycles. The summed E-state index contributed by atoms with van der Waals surface area (Å²) < 4.78 is 53.1. The third-order valence-corrected chi connectivity index (χ3v) is 8.16. The summed E-state index contributed by atoms with van der Waals surface area (Å²) in [5.74, 6) is 1.77. The fraction of sp³-hybridized carbons (Fsp3) is 0.643. The van der Waals surface area contributed by atoms with Crippen LogP contribution in [0.25, 0.3) is 10.8 Å². The molecule has 2 saturated carbocycles. The first-order chi connectivity index (χ1) is 15.3. The number of halogens is 4. The molecule has 2 aliphatic rings. The van der Waals surface area contributed by atoms with Crippen LogP contribution >= 0.6 is 0 Å². The number of hydrogen-bond donors (Lipinski definition) is 0. The van der Waals surface area contributed by atoms with E-state index in [0.717, 1.165) is 41.9 Å². The topological polar surface area (TPSA) is 0 Å². The fourth-order valence-electron chi connectivity index (χ4n) is 6.35. The van der Waals surface area contributed by atoms with Crippen molar-refractivity contribution in [3.63, 3.8) is 0 Å². The van der Waals surface area contributed by atoms with E-state index in [9.17, 15) is 17.6 Å². The first kappa shape index (κ1) is 23.6. The molecule has 0 spiro atoms. The third kappa shape index (κ3) is 5.48. The van der Waals surface area contributed by atoms with Gasteiger partial charge in [-0.3, -0.25) is 0 Å². The van der Waals surface area contributed by atoms with Gasteiger partial charge in [0.25, 0.3) is 0 Å². The average Bonchev–Trinajstić information content (AvgIpc) is 2.77. The van der Waals surface area contributed by atoms with Gasteiger partial charge in [0.2, 0.25) is 0 Å². The molecule has 0 aliphatic heterocycles. The summed E-state index contributed by atoms with van der Waals surface area (Å²) in [6.07, 6.45) is 11.2. The first-order valence-corrected chi connectivity index (χ1v) is 12.7. The van der Waals surface area contributed by atoms with E-state index < -0.39 is 17.6 Å². The van der Waals surface area contributed by atoms with Gasteiger partial charge in [-0.15, -0.1) is 0 Å². The molecular weight excluding hydrogens is 412 g/mol. The molecule has 0 amide bonds. The fourth-order valence-corrected chi connectivity index (χ4v) is 6.35. The predicted octanol–water partition coefficient (Wildman–Crippen LogP) is 9.66. The molecule has 0 aromatic heterocycles. The molecule has 0 saturated heterocycles. The Labute approximate surface area is 189 Å². The lowest BCUT2D eigenvalue weighted by Crippen LogP contribution is -2.30. The molecule has 2 aromatic carbocycles. The van der Waals surface area contributed by atoms with Crippen molar-refractivity contribution in [2.45, 2.75) is 96.1 Å². The second-order valence-electron chi connectivity index (χ2n) is 10.3. The van der Waals surface area contributed by atoms with Gasteiger partial charge in [0.15, 0.2) is 0 Å². The summed E-state index contributed by atoms with van der Waals surface area (Å²) in [6.45, 7) is 2.26. The summed E-state index contributed by atoms with van der Waals surface area (Å²) in [7, 11) is 0. The van der Waals surface area contributed by atoms with Gasteiger partial charge < -0.3 is 0 Å². The van der Waals surface area contributed by atoms with Gasteiger partial charge in [0, 0.05) is 0 Å². The largest absolute Gasteiger partial charge is 0.419 e. The molecule has 0 nitrogen and oxygen atoms in total. The quantitative estimate of drug-likeness (QED) is 0.292. The summed E-state index contributed by atoms with van der Waals surface area (Å²) >= 11 is 0. The normalized spacial score (nSPS) is 26.3. The Morgan fingerprint density at radius 2 is 1.56 bits per heavy atom. The van der Waals surface area contributed by atoms with Gasteiger partial charge in [0.05, 0.1) is 5.56 Å². The number of alkyl halides is 3. The van der Waals surface area contributed by atoms with Crippen LogP contribution in [0.2, 0.25) is 0 Å². The summed E-state index contributed by atoms with van der Waals surface area (Å²) in [5, 5.41) is 1.03. The van der Waals surface area contributed by atoms with Crippen LogP contribution in [0.1, 0.15) is 101 Å². The molecule has 2 fully saturated rings. The zero-order valence-corrected chi connectivity index (χ0v) is 19.2. The van der Waals surface area contributed by atoms with Gasteiger partial charge in [-0.05, 0) is 84.2 Å². The molecule has 4 heteroatoms. The summed E-state index contributed by atoms with van der Waals surface area (Å²) in [5.41, 5.74) is -0.0199. The smallest absolute Gasteiger partial charge is 0.206 e. The lowest BCUT2D eigenvalue weighted by Gasteiger charge is -2.42. The van der Waals surface area contributed by atoms with Gasteiger partial charge in [-0.25, -0.2) is 4.39 Å². The number of rotatable bonds is 7. The minimum atomic E-state index is -4.66. The van der Waals surface area contributed by atoms with E-state index >= 15 is 0 Å². The molecule has 0 N–H and O–H groups in total. The monoisotopic (exact) mass is 448 g/mol. The Balaban J connectivity index is 1.36. The van der Waals surface area contributed by atoms with Crippen molar-refractivity contribution in [1.82, 2.24) is 0 Å². The third-order valence-electron chi connectivity index (χ3n) is 8.16. The van der Waals surface area contributed by atoms with E-state index in [2.05, 4.69) is 6.92 Å². The van der Waals surface area contributed by atoms with Crippen molar-refractivity contribution in [3.8, 4) is 0 Å². The first-order valence-electron chi connectivity index (χ1n) is 12.7. The zero-order valence-electron chi connectivity index (χ0n) is 19.2. The minimum absolute atomic E-state index is 0.441. The second kappa shape index (κ2) is 10.1. The Bertz CT molecular complexity index is 900. The van der Waals surface area contributed by atoms with Crippen molar-refractivity contribution >= 4 is 10.8 Å². The van der Waals surface area contributed by atoms with Crippen LogP contribution in [0, 0.1) is 23.6 Å². The maximum absolute atomic E-state index is 14.1. The molecule has 176 valence electrons. The maximum atomic E-state index is 14.1. The van der Waals surface area contributed by atoms with Crippen molar-refractivity contribution in [3.05, 3.63) is 47.3 Å². The second-order valence-corrected chi connectivity index (χ2v) is 10.3. The highest BCUT2D eigenvalue weighted by Gasteiger charge is 2.36. The maximum Gasteiger partial charge on any atom is 0.419 e. The number of fused-ring (bicyclic) bond motifs is 2. The van der Waals surface area contributed by atoms with Crippen LogP contribution < -0.4 is 0 Å². The molecule has 4 unspecified atom stereocenters. The van der Waals surface area contributed by atoms with Gasteiger partial charge in [-0.1, -0.05) is 70.1 Å². The van der Waals surface area contributed by atoms with E-state index in [0.29, 0.717) is 16.7 Å². The van der Waals surface area contributed by atoms with Crippen LogP contribution in [0.15, 0.2) is 30.3 Å².